The van der Waals surface area contributed by atoms with Crippen molar-refractivity contribution >= 4 is 24.8 Å². The van der Waals surface area contributed by atoms with Crippen molar-refractivity contribution < 1.29 is 19.2 Å². The second-order valence-corrected chi connectivity index (χ2v) is 11.0. The number of nitrogens with zero attached hydrogens (tertiary/aromatic N) is 1. The third kappa shape index (κ3) is 6.39. The summed E-state index contributed by atoms with van der Waals surface area (Å²) < 4.78 is 2.72. The minimum absolute atomic E-state index is 0. The molecule has 0 amide bonds. The third-order valence-electron chi connectivity index (χ3n) is 6.40. The van der Waals surface area contributed by atoms with Crippen LogP contribution in [0.5, 0.6) is 0 Å². The predicted octanol–water partition coefficient (Wildman–Crippen LogP) is 6.56. The summed E-state index contributed by atoms with van der Waals surface area (Å²) in [6, 6.07) is 0. The molecule has 0 heterocycles. The Morgan fingerprint density at radius 2 is 1.40 bits per heavy atom. The van der Waals surface area contributed by atoms with Crippen LogP contribution in [0.4, 0.5) is 0 Å². The zero-order valence-corrected chi connectivity index (χ0v) is 19.5. The summed E-state index contributed by atoms with van der Waals surface area (Å²) in [4.78, 5) is 2.45. The monoisotopic (exact) mass is 421 g/mol. The molecule has 0 radical (unpaired) electrons. The van der Waals surface area contributed by atoms with Crippen LogP contribution in [0.3, 0.4) is 0 Å². The minimum atomic E-state index is 0. The molecule has 0 N–H and O–H groups in total. The third-order valence-corrected chi connectivity index (χ3v) is 9.13. The van der Waals surface area contributed by atoms with Crippen molar-refractivity contribution in [1.29, 1.82) is 0 Å². The predicted molar refractivity (Wildman–Crippen MR) is 111 cm³/mol. The fraction of sp³-hybridized carbons (Fsp3) is 0.810. The van der Waals surface area contributed by atoms with Gasteiger partial charge in [0.05, 0.1) is 0 Å². The van der Waals surface area contributed by atoms with E-state index >= 15 is 0 Å². The maximum atomic E-state index is 2.73. The molecule has 2 fully saturated rings. The fourth-order valence-electron chi connectivity index (χ4n) is 4.67. The molecule has 1 unspecified atom stereocenters. The van der Waals surface area contributed by atoms with Crippen LogP contribution in [0, 0.1) is 11.8 Å². The number of hydrogen-bond acceptors (Lipinski definition) is 1. The van der Waals surface area contributed by atoms with Gasteiger partial charge in [-0.2, -0.15) is 0 Å². The number of rotatable bonds is 5. The van der Waals surface area contributed by atoms with Crippen LogP contribution in [0.1, 0.15) is 77.6 Å². The largest absolute Gasteiger partial charge is 0.147 e. The average Bonchev–Trinajstić information content (AvgIpc) is 3.00. The van der Waals surface area contributed by atoms with Gasteiger partial charge in [-0.05, 0) is 0 Å². The molecule has 144 valence electrons. The molecule has 3 aliphatic rings. The van der Waals surface area contributed by atoms with E-state index < -0.39 is 0 Å². The van der Waals surface area contributed by atoms with Gasteiger partial charge in [0.1, 0.15) is 0 Å². The SMILES string of the molecule is C[CH]([Ti][C]1=C(C2CCCCC2)C=C(C2CCCCC2)C1)N(C)C.Cl.Cl. The fourth-order valence-corrected chi connectivity index (χ4v) is 7.03. The maximum absolute atomic E-state index is 2.73. The van der Waals surface area contributed by atoms with E-state index in [1.54, 1.807) is 0 Å². The molecule has 4 heteroatoms. The van der Waals surface area contributed by atoms with E-state index in [1.165, 1.54) is 70.6 Å². The summed E-state index contributed by atoms with van der Waals surface area (Å²) >= 11 is 0.000835. The maximum Gasteiger partial charge on any atom is -0.147 e. The van der Waals surface area contributed by atoms with Crippen LogP contribution >= 0.6 is 24.8 Å². The van der Waals surface area contributed by atoms with Crippen molar-refractivity contribution in [2.45, 2.75) is 81.9 Å². The molecular weight excluding hydrogens is 385 g/mol. The molecule has 0 bridgehead atoms. The minimum Gasteiger partial charge on any atom is -0.147 e. The topological polar surface area (TPSA) is 3.24 Å². The van der Waals surface area contributed by atoms with Crippen LogP contribution < -0.4 is 0 Å². The van der Waals surface area contributed by atoms with Crippen LogP contribution in [0.25, 0.3) is 0 Å². The smallest absolute Gasteiger partial charge is 0.147 e. The van der Waals surface area contributed by atoms with E-state index in [0.29, 0.717) is 0 Å². The Labute approximate surface area is 177 Å². The summed E-state index contributed by atoms with van der Waals surface area (Å²) in [6.45, 7) is 2.45. The normalized spacial score (nSPS) is 23.8. The Morgan fingerprint density at radius 3 is 1.92 bits per heavy atom. The van der Waals surface area contributed by atoms with Gasteiger partial charge in [0, 0.05) is 0 Å². The molecule has 1 nitrogen and oxygen atoms in total. The summed E-state index contributed by atoms with van der Waals surface area (Å²) in [7, 11) is 4.53. The molecular formula is C21H37Cl2NTi. The Hall–Kier alpha value is 0.734. The van der Waals surface area contributed by atoms with Crippen molar-refractivity contribution in [3.8, 4) is 0 Å². The molecule has 0 spiro atoms. The Balaban J connectivity index is 0.00000156. The van der Waals surface area contributed by atoms with Crippen molar-refractivity contribution in [2.24, 2.45) is 11.8 Å². The van der Waals surface area contributed by atoms with Gasteiger partial charge in [-0.3, -0.25) is 0 Å². The number of hydrogen-bond donors (Lipinski definition) is 0. The first-order valence-corrected chi connectivity index (χ1v) is 11.7. The molecule has 0 saturated heterocycles. The van der Waals surface area contributed by atoms with Crippen molar-refractivity contribution in [3.63, 3.8) is 0 Å². The Kier molecular flexibility index (Phi) is 11.0. The Morgan fingerprint density at radius 1 is 0.880 bits per heavy atom. The van der Waals surface area contributed by atoms with E-state index in [1.807, 2.05) is 15.0 Å². The van der Waals surface area contributed by atoms with Gasteiger partial charge >= 0.3 is 153 Å². The summed E-state index contributed by atoms with van der Waals surface area (Å²) in [5, 5.41) is 0. The summed E-state index contributed by atoms with van der Waals surface area (Å²) in [5.74, 6) is 1.85. The second kappa shape index (κ2) is 11.5. The molecule has 0 aromatic heterocycles. The molecule has 1 atom stereocenters. The molecule has 3 rings (SSSR count). The van der Waals surface area contributed by atoms with E-state index in [0.717, 1.165) is 16.2 Å². The van der Waals surface area contributed by atoms with Gasteiger partial charge in [0.2, 0.25) is 0 Å². The summed E-state index contributed by atoms with van der Waals surface area (Å²) in [5.41, 5.74) is 3.69. The quantitative estimate of drug-likeness (QED) is 0.454. The van der Waals surface area contributed by atoms with E-state index in [2.05, 4.69) is 32.0 Å². The second-order valence-electron chi connectivity index (χ2n) is 8.28. The van der Waals surface area contributed by atoms with Crippen molar-refractivity contribution in [2.75, 3.05) is 14.1 Å². The van der Waals surface area contributed by atoms with E-state index in [4.69, 9.17) is 0 Å². The van der Waals surface area contributed by atoms with Crippen LogP contribution in [-0.2, 0) is 19.2 Å². The van der Waals surface area contributed by atoms with Gasteiger partial charge in [0.15, 0.2) is 0 Å². The molecule has 2 saturated carbocycles. The molecule has 25 heavy (non-hydrogen) atoms. The molecule has 3 aliphatic carbocycles. The van der Waals surface area contributed by atoms with Gasteiger partial charge in [-0.1, -0.05) is 0 Å². The van der Waals surface area contributed by atoms with Gasteiger partial charge < -0.3 is 0 Å². The first-order valence-electron chi connectivity index (χ1n) is 10.0. The summed E-state index contributed by atoms with van der Waals surface area (Å²) in [6.07, 6.45) is 18.8. The van der Waals surface area contributed by atoms with Gasteiger partial charge in [0.25, 0.3) is 0 Å². The van der Waals surface area contributed by atoms with Gasteiger partial charge in [-0.15, -0.1) is 24.8 Å². The first kappa shape index (κ1) is 23.8. The Bertz CT molecular complexity index is 461. The van der Waals surface area contributed by atoms with Gasteiger partial charge in [-0.25, -0.2) is 0 Å². The number of halogens is 2. The van der Waals surface area contributed by atoms with E-state index in [9.17, 15) is 0 Å². The van der Waals surface area contributed by atoms with Crippen LogP contribution in [0.2, 0.25) is 0 Å². The van der Waals surface area contributed by atoms with Crippen molar-refractivity contribution in [3.05, 3.63) is 21.1 Å². The standard InChI is InChI=1S/C17H25.C4H10N.2ClH.Ti/c1-3-7-14(8-4-1)16-11-12-17(13-16)15-9-5-2-6-10-15;1-4-5(2)3;;;/h13-15H,1-11H2;4H,1-3H3;2*1H;. The van der Waals surface area contributed by atoms with Crippen LogP contribution in [-0.4, -0.2) is 23.3 Å². The number of allylic oxidation sites excluding steroid dienone is 4. The van der Waals surface area contributed by atoms with E-state index in [-0.39, 0.29) is 44.0 Å². The van der Waals surface area contributed by atoms with Crippen LogP contribution in [0.15, 0.2) is 21.1 Å². The molecule has 0 aromatic rings. The average molecular weight is 422 g/mol. The molecule has 0 aromatic carbocycles. The molecule has 0 aliphatic heterocycles. The zero-order valence-electron chi connectivity index (χ0n) is 16.4. The zero-order chi connectivity index (χ0) is 16.2. The first-order chi connectivity index (χ1) is 11.1. The van der Waals surface area contributed by atoms with Crippen molar-refractivity contribution in [1.82, 2.24) is 4.90 Å².